The van der Waals surface area contributed by atoms with E-state index in [4.69, 9.17) is 9.47 Å². The Morgan fingerprint density at radius 2 is 1.71 bits per heavy atom. The summed E-state index contributed by atoms with van der Waals surface area (Å²) in [6, 6.07) is 32.7. The minimum atomic E-state index is -0.606. The highest BCUT2D eigenvalue weighted by atomic mass is 32.2. The minimum absolute atomic E-state index is 0.0184. The van der Waals surface area contributed by atoms with Gasteiger partial charge < -0.3 is 25.1 Å². The third kappa shape index (κ3) is 7.58. The van der Waals surface area contributed by atoms with Crippen LogP contribution in [0.15, 0.2) is 127 Å². The van der Waals surface area contributed by atoms with Gasteiger partial charge in [-0.05, 0) is 46.0 Å². The molecule has 2 N–H and O–H groups in total. The number of aromatic nitrogens is 2. The Balaban J connectivity index is 1.19. The van der Waals surface area contributed by atoms with Gasteiger partial charge in [-0.2, -0.15) is 4.73 Å². The number of pyridine rings is 2. The molecular formula is C36H33N3O5S. The third-order valence-electron chi connectivity index (χ3n) is 7.69. The molecule has 228 valence electrons. The molecule has 2 aromatic heterocycles. The number of rotatable bonds is 10. The van der Waals surface area contributed by atoms with Crippen molar-refractivity contribution in [3.8, 4) is 11.1 Å². The highest BCUT2D eigenvalue weighted by molar-refractivity contribution is 7.99. The molecule has 1 amide bonds. The molecule has 0 radical (unpaired) electrons. The van der Waals surface area contributed by atoms with Gasteiger partial charge in [0.1, 0.15) is 0 Å². The van der Waals surface area contributed by atoms with Gasteiger partial charge in [0.15, 0.2) is 12.5 Å². The summed E-state index contributed by atoms with van der Waals surface area (Å²) in [5.74, 6) is 0.415. The maximum absolute atomic E-state index is 12.6. The van der Waals surface area contributed by atoms with Crippen molar-refractivity contribution in [2.75, 3.05) is 5.75 Å². The highest BCUT2D eigenvalue weighted by Gasteiger charge is 2.32. The Bertz CT molecular complexity index is 1720. The zero-order valence-corrected chi connectivity index (χ0v) is 25.3. The molecule has 3 heterocycles. The number of aliphatic hydroxyl groups excluding tert-OH is 1. The molecule has 3 unspecified atom stereocenters. The fourth-order valence-corrected chi connectivity index (χ4v) is 6.21. The van der Waals surface area contributed by atoms with Crippen LogP contribution in [0.25, 0.3) is 11.1 Å². The normalized spacial score (nSPS) is 17.9. The number of carbonyl (C=O) groups excluding carboxylic acids is 1. The van der Waals surface area contributed by atoms with E-state index >= 15 is 0 Å². The number of hydrogen-bond donors (Lipinski definition) is 2. The van der Waals surface area contributed by atoms with Gasteiger partial charge in [0.2, 0.25) is 0 Å². The Kier molecular flexibility index (Phi) is 9.82. The molecule has 8 nitrogen and oxygen atoms in total. The van der Waals surface area contributed by atoms with E-state index in [1.807, 2.05) is 78.9 Å². The second kappa shape index (κ2) is 14.5. The second-order valence-electron chi connectivity index (χ2n) is 10.7. The van der Waals surface area contributed by atoms with Crippen molar-refractivity contribution < 1.29 is 24.1 Å². The van der Waals surface area contributed by atoms with Crippen molar-refractivity contribution in [2.45, 2.75) is 43.1 Å². The molecule has 6 rings (SSSR count). The molecule has 45 heavy (non-hydrogen) atoms. The predicted molar refractivity (Wildman–Crippen MR) is 172 cm³/mol. The molecule has 1 aliphatic rings. The summed E-state index contributed by atoms with van der Waals surface area (Å²) in [6.45, 7) is 0.358. The summed E-state index contributed by atoms with van der Waals surface area (Å²) in [5.41, 5.74) is 6.26. The number of aliphatic hydroxyl groups is 1. The number of carbonyl (C=O) groups is 1. The maximum Gasteiger partial charge on any atom is 0.253 e. The van der Waals surface area contributed by atoms with Crippen molar-refractivity contribution in [1.82, 2.24) is 10.3 Å². The Morgan fingerprint density at radius 1 is 0.933 bits per heavy atom. The molecule has 1 aliphatic heterocycles. The first-order valence-corrected chi connectivity index (χ1v) is 15.7. The van der Waals surface area contributed by atoms with Gasteiger partial charge in [0.25, 0.3) is 10.9 Å². The molecular weight excluding hydrogens is 586 g/mol. The number of amides is 1. The van der Waals surface area contributed by atoms with E-state index in [0.717, 1.165) is 38.1 Å². The van der Waals surface area contributed by atoms with E-state index in [9.17, 15) is 15.1 Å². The zero-order valence-electron chi connectivity index (χ0n) is 24.5. The molecule has 3 aromatic carbocycles. The van der Waals surface area contributed by atoms with E-state index in [0.29, 0.717) is 29.3 Å². The van der Waals surface area contributed by atoms with Crippen LogP contribution in [0, 0.1) is 5.21 Å². The summed E-state index contributed by atoms with van der Waals surface area (Å²) in [6.07, 6.45) is 4.32. The van der Waals surface area contributed by atoms with Crippen molar-refractivity contribution in [3.05, 3.63) is 155 Å². The average molecular weight is 620 g/mol. The molecule has 0 aliphatic carbocycles. The monoisotopic (exact) mass is 619 g/mol. The largest absolute Gasteiger partial charge is 0.618 e. The van der Waals surface area contributed by atoms with Gasteiger partial charge in [-0.1, -0.05) is 84.6 Å². The van der Waals surface area contributed by atoms with Crippen molar-refractivity contribution in [1.29, 1.82) is 0 Å². The average Bonchev–Trinajstić information content (AvgIpc) is 3.11. The number of nitrogens with one attached hydrogen (secondary N) is 1. The maximum atomic E-state index is 12.6. The standard InChI is InChI=1S/C36H33N3O5S/c40-23-25-10-12-27(13-11-25)33-20-31(24-45-34-9-3-4-19-39(34)42)43-36(44-33)28-16-14-26(15-17-28)32-8-2-1-6-29(32)22-38-35(41)30-7-5-18-37-21-30/h1-19,21,31,33,36,40H,20,22-24H2,(H,38,41). The molecule has 0 saturated carbocycles. The number of thioether (sulfide) groups is 1. The fraction of sp³-hybridized carbons (Fsp3) is 0.194. The third-order valence-corrected chi connectivity index (χ3v) is 8.85. The number of benzene rings is 3. The van der Waals surface area contributed by atoms with Gasteiger partial charge >= 0.3 is 0 Å². The first-order chi connectivity index (χ1) is 22.1. The molecule has 5 aromatic rings. The van der Waals surface area contributed by atoms with E-state index in [2.05, 4.69) is 10.3 Å². The Labute approximate surface area is 266 Å². The molecule has 0 bridgehead atoms. The zero-order chi connectivity index (χ0) is 31.0. The van der Waals surface area contributed by atoms with Crippen LogP contribution in [0.5, 0.6) is 0 Å². The smallest absolute Gasteiger partial charge is 0.253 e. The summed E-state index contributed by atoms with van der Waals surface area (Å²) >= 11 is 1.46. The van der Waals surface area contributed by atoms with Gasteiger partial charge in [-0.25, -0.2) is 0 Å². The summed E-state index contributed by atoms with van der Waals surface area (Å²) in [5, 5.41) is 25.3. The van der Waals surface area contributed by atoms with E-state index in [1.165, 1.54) is 18.0 Å². The lowest BCUT2D eigenvalue weighted by Crippen LogP contribution is -2.32. The van der Waals surface area contributed by atoms with Crippen molar-refractivity contribution in [3.63, 3.8) is 0 Å². The first-order valence-electron chi connectivity index (χ1n) is 14.8. The molecule has 3 atom stereocenters. The van der Waals surface area contributed by atoms with Crippen LogP contribution in [0.1, 0.15) is 51.4 Å². The molecule has 1 fully saturated rings. The van der Waals surface area contributed by atoms with Crippen LogP contribution in [0.2, 0.25) is 0 Å². The van der Waals surface area contributed by atoms with Crippen LogP contribution < -0.4 is 10.0 Å². The SMILES string of the molecule is O=C(NCc1ccccc1-c1ccc(C2OC(CSc3cccc[n+]3[O-])CC(c3ccc(CO)cc3)O2)cc1)c1cccnc1. The van der Waals surface area contributed by atoms with E-state index in [1.54, 1.807) is 36.7 Å². The van der Waals surface area contributed by atoms with Crippen LogP contribution in [0.3, 0.4) is 0 Å². The lowest BCUT2D eigenvalue weighted by Gasteiger charge is -2.36. The van der Waals surface area contributed by atoms with E-state index in [-0.39, 0.29) is 24.7 Å². The summed E-state index contributed by atoms with van der Waals surface area (Å²) in [4.78, 5) is 16.6. The predicted octanol–water partition coefficient (Wildman–Crippen LogP) is 6.14. The van der Waals surface area contributed by atoms with Gasteiger partial charge in [-0.3, -0.25) is 9.78 Å². The minimum Gasteiger partial charge on any atom is -0.618 e. The Hall–Kier alpha value is -4.54. The number of nitrogens with zero attached hydrogens (tertiary/aromatic N) is 2. The van der Waals surface area contributed by atoms with Crippen molar-refractivity contribution >= 4 is 17.7 Å². The van der Waals surface area contributed by atoms with Crippen LogP contribution in [-0.4, -0.2) is 27.9 Å². The summed E-state index contributed by atoms with van der Waals surface area (Å²) < 4.78 is 13.8. The first kappa shape index (κ1) is 30.5. The van der Waals surface area contributed by atoms with E-state index < -0.39 is 6.29 Å². The number of ether oxygens (including phenoxy) is 2. The quantitative estimate of drug-likeness (QED) is 0.110. The van der Waals surface area contributed by atoms with Gasteiger partial charge in [0.05, 0.1) is 24.4 Å². The van der Waals surface area contributed by atoms with Crippen LogP contribution in [0.4, 0.5) is 0 Å². The van der Waals surface area contributed by atoms with Crippen LogP contribution >= 0.6 is 11.8 Å². The van der Waals surface area contributed by atoms with Gasteiger partial charge in [0, 0.05) is 48.8 Å². The lowest BCUT2D eigenvalue weighted by atomic mass is 9.97. The highest BCUT2D eigenvalue weighted by Crippen LogP contribution is 2.39. The molecule has 0 spiro atoms. The van der Waals surface area contributed by atoms with Crippen LogP contribution in [-0.2, 0) is 22.6 Å². The summed E-state index contributed by atoms with van der Waals surface area (Å²) in [7, 11) is 0. The van der Waals surface area contributed by atoms with Gasteiger partial charge in [-0.15, -0.1) is 0 Å². The fourth-order valence-electron chi connectivity index (χ4n) is 5.28. The Morgan fingerprint density at radius 3 is 2.47 bits per heavy atom. The topological polar surface area (TPSA) is 108 Å². The lowest BCUT2D eigenvalue weighted by molar-refractivity contribution is -0.645. The molecule has 9 heteroatoms. The molecule has 1 saturated heterocycles. The van der Waals surface area contributed by atoms with Crippen molar-refractivity contribution in [2.24, 2.45) is 0 Å². The second-order valence-corrected chi connectivity index (χ2v) is 11.8. The number of hydrogen-bond acceptors (Lipinski definition) is 7.